The van der Waals surface area contributed by atoms with Crippen LogP contribution in [0.1, 0.15) is 47.6 Å². The van der Waals surface area contributed by atoms with Crippen LogP contribution in [0.3, 0.4) is 0 Å². The zero-order valence-corrected chi connectivity index (χ0v) is 20.0. The molecule has 1 N–H and O–H groups in total. The van der Waals surface area contributed by atoms with Crippen molar-refractivity contribution in [2.75, 3.05) is 5.32 Å². The first kappa shape index (κ1) is 22.8. The molecule has 0 saturated heterocycles. The van der Waals surface area contributed by atoms with Crippen LogP contribution in [0.5, 0.6) is 0 Å². The molecule has 0 fully saturated rings. The highest BCUT2D eigenvalue weighted by molar-refractivity contribution is 6.37. The molecule has 3 aromatic carbocycles. The fourth-order valence-electron chi connectivity index (χ4n) is 4.07. The normalized spacial score (nSPS) is 13.9. The van der Waals surface area contributed by atoms with E-state index in [1.807, 2.05) is 74.5 Å². The molecule has 2 amide bonds. The summed E-state index contributed by atoms with van der Waals surface area (Å²) in [7, 11) is 0. The number of aryl methyl sites for hydroxylation is 2. The molecule has 1 aliphatic heterocycles. The van der Waals surface area contributed by atoms with Crippen LogP contribution in [0.4, 0.5) is 5.69 Å². The Bertz CT molecular complexity index is 1260. The van der Waals surface area contributed by atoms with E-state index in [0.29, 0.717) is 16.5 Å². The minimum Gasteiger partial charge on any atom is -0.350 e. The molecular weight excluding hydrogens is 432 g/mol. The van der Waals surface area contributed by atoms with E-state index in [4.69, 9.17) is 11.6 Å². The third kappa shape index (κ3) is 4.57. The number of imide groups is 1. The van der Waals surface area contributed by atoms with E-state index < -0.39 is 0 Å². The maximum atomic E-state index is 13.6. The van der Waals surface area contributed by atoms with Gasteiger partial charge in [-0.1, -0.05) is 79.5 Å². The highest BCUT2D eigenvalue weighted by Crippen LogP contribution is 2.34. The highest BCUT2D eigenvalue weighted by atomic mass is 35.5. The average Bonchev–Trinajstić information content (AvgIpc) is 3.00. The quantitative estimate of drug-likeness (QED) is 0.430. The smallest absolute Gasteiger partial charge is 0.278 e. The van der Waals surface area contributed by atoms with Gasteiger partial charge in [-0.25, -0.2) is 0 Å². The maximum Gasteiger partial charge on any atom is 0.278 e. The van der Waals surface area contributed by atoms with E-state index >= 15 is 0 Å². The number of halogens is 1. The second-order valence-electron chi connectivity index (χ2n) is 8.76. The van der Waals surface area contributed by atoms with Crippen molar-refractivity contribution in [2.24, 2.45) is 0 Å². The van der Waals surface area contributed by atoms with Crippen molar-refractivity contribution in [2.45, 2.75) is 40.2 Å². The fourth-order valence-corrected chi connectivity index (χ4v) is 4.27. The monoisotopic (exact) mass is 458 g/mol. The van der Waals surface area contributed by atoms with Gasteiger partial charge in [0.25, 0.3) is 11.8 Å². The SMILES string of the molecule is Cc1ccc(C2=C(Nc3ccc(C(C)C)cc3)C(=O)N(Cc3ccccc3Cl)C2=O)c(C)c1. The molecule has 1 heterocycles. The van der Waals surface area contributed by atoms with Crippen LogP contribution in [0, 0.1) is 13.8 Å². The van der Waals surface area contributed by atoms with E-state index in [1.54, 1.807) is 6.07 Å². The lowest BCUT2D eigenvalue weighted by Crippen LogP contribution is -2.32. The van der Waals surface area contributed by atoms with Crippen LogP contribution in [-0.2, 0) is 16.1 Å². The Morgan fingerprint density at radius 3 is 2.24 bits per heavy atom. The van der Waals surface area contributed by atoms with Crippen LogP contribution >= 0.6 is 11.6 Å². The topological polar surface area (TPSA) is 49.4 Å². The zero-order chi connectivity index (χ0) is 23.7. The van der Waals surface area contributed by atoms with E-state index in [1.165, 1.54) is 10.5 Å². The van der Waals surface area contributed by atoms with Crippen molar-refractivity contribution < 1.29 is 9.59 Å². The number of carbonyl (C=O) groups excluding carboxylic acids is 2. The van der Waals surface area contributed by atoms with E-state index in [0.717, 1.165) is 27.9 Å². The predicted molar refractivity (Wildman–Crippen MR) is 134 cm³/mol. The van der Waals surface area contributed by atoms with Gasteiger partial charge in [-0.3, -0.25) is 14.5 Å². The molecule has 0 aromatic heterocycles. The lowest BCUT2D eigenvalue weighted by Gasteiger charge is -2.16. The molecule has 168 valence electrons. The summed E-state index contributed by atoms with van der Waals surface area (Å²) < 4.78 is 0. The Labute approximate surface area is 199 Å². The Balaban J connectivity index is 1.76. The fraction of sp³-hybridized carbons (Fsp3) is 0.214. The highest BCUT2D eigenvalue weighted by Gasteiger charge is 2.40. The summed E-state index contributed by atoms with van der Waals surface area (Å²) in [5.41, 5.74) is 6.16. The first-order chi connectivity index (χ1) is 15.8. The molecule has 4 rings (SSSR count). The molecule has 0 saturated carbocycles. The number of benzene rings is 3. The third-order valence-corrected chi connectivity index (χ3v) is 6.32. The molecule has 1 aliphatic rings. The summed E-state index contributed by atoms with van der Waals surface area (Å²) in [5, 5.41) is 3.77. The van der Waals surface area contributed by atoms with Crippen molar-refractivity contribution in [1.82, 2.24) is 4.90 Å². The van der Waals surface area contributed by atoms with Crippen molar-refractivity contribution in [1.29, 1.82) is 0 Å². The number of carbonyl (C=O) groups is 2. The Hall–Kier alpha value is -3.37. The largest absolute Gasteiger partial charge is 0.350 e. The van der Waals surface area contributed by atoms with Crippen LogP contribution in [0.2, 0.25) is 5.02 Å². The molecule has 0 radical (unpaired) electrons. The number of nitrogens with zero attached hydrogens (tertiary/aromatic N) is 1. The Morgan fingerprint density at radius 1 is 0.909 bits per heavy atom. The van der Waals surface area contributed by atoms with Crippen molar-refractivity contribution in [3.63, 3.8) is 0 Å². The van der Waals surface area contributed by atoms with Gasteiger partial charge in [0, 0.05) is 10.7 Å². The average molecular weight is 459 g/mol. The van der Waals surface area contributed by atoms with Gasteiger partial charge in [-0.2, -0.15) is 0 Å². The van der Waals surface area contributed by atoms with Crippen LogP contribution < -0.4 is 5.32 Å². The summed E-state index contributed by atoms with van der Waals surface area (Å²) in [6, 6.07) is 21.1. The van der Waals surface area contributed by atoms with E-state index in [2.05, 4.69) is 19.2 Å². The summed E-state index contributed by atoms with van der Waals surface area (Å²) in [5.74, 6) is -0.277. The van der Waals surface area contributed by atoms with Crippen LogP contribution in [0.15, 0.2) is 72.4 Å². The van der Waals surface area contributed by atoms with Crippen molar-refractivity contribution in [3.05, 3.63) is 105 Å². The van der Waals surface area contributed by atoms with Gasteiger partial charge >= 0.3 is 0 Å². The van der Waals surface area contributed by atoms with Crippen molar-refractivity contribution >= 4 is 34.7 Å². The molecule has 0 aliphatic carbocycles. The second-order valence-corrected chi connectivity index (χ2v) is 9.17. The molecule has 0 atom stereocenters. The number of anilines is 1. The Kier molecular flexibility index (Phi) is 6.39. The number of amides is 2. The summed E-state index contributed by atoms with van der Waals surface area (Å²) in [6.45, 7) is 8.35. The molecule has 4 nitrogen and oxygen atoms in total. The van der Waals surface area contributed by atoms with Gasteiger partial charge in [0.2, 0.25) is 0 Å². The first-order valence-corrected chi connectivity index (χ1v) is 11.4. The molecule has 0 spiro atoms. The number of hydrogen-bond acceptors (Lipinski definition) is 3. The van der Waals surface area contributed by atoms with Gasteiger partial charge in [0.05, 0.1) is 12.1 Å². The lowest BCUT2D eigenvalue weighted by atomic mass is 9.97. The minimum atomic E-state index is -0.358. The zero-order valence-electron chi connectivity index (χ0n) is 19.3. The van der Waals surface area contributed by atoms with Crippen LogP contribution in [0.25, 0.3) is 5.57 Å². The van der Waals surface area contributed by atoms with Gasteiger partial charge < -0.3 is 5.32 Å². The summed E-state index contributed by atoms with van der Waals surface area (Å²) in [4.78, 5) is 28.4. The van der Waals surface area contributed by atoms with E-state index in [9.17, 15) is 9.59 Å². The predicted octanol–water partition coefficient (Wildman–Crippen LogP) is 6.47. The summed E-state index contributed by atoms with van der Waals surface area (Å²) >= 11 is 6.32. The number of hydrogen-bond donors (Lipinski definition) is 1. The number of rotatable bonds is 6. The molecule has 33 heavy (non-hydrogen) atoms. The van der Waals surface area contributed by atoms with E-state index in [-0.39, 0.29) is 24.1 Å². The van der Waals surface area contributed by atoms with Gasteiger partial charge in [-0.05, 0) is 60.2 Å². The number of nitrogens with one attached hydrogen (secondary N) is 1. The van der Waals surface area contributed by atoms with Crippen LogP contribution in [-0.4, -0.2) is 16.7 Å². The molecule has 0 bridgehead atoms. The van der Waals surface area contributed by atoms with Gasteiger partial charge in [-0.15, -0.1) is 0 Å². The molecule has 0 unspecified atom stereocenters. The maximum absolute atomic E-state index is 13.6. The van der Waals surface area contributed by atoms with Gasteiger partial charge in [0.1, 0.15) is 5.70 Å². The molecular formula is C28H27ClN2O2. The third-order valence-electron chi connectivity index (χ3n) is 5.95. The Morgan fingerprint density at radius 2 is 1.61 bits per heavy atom. The van der Waals surface area contributed by atoms with Crippen molar-refractivity contribution in [3.8, 4) is 0 Å². The minimum absolute atomic E-state index is 0.114. The lowest BCUT2D eigenvalue weighted by molar-refractivity contribution is -0.137. The first-order valence-electron chi connectivity index (χ1n) is 11.0. The summed E-state index contributed by atoms with van der Waals surface area (Å²) in [6.07, 6.45) is 0. The molecule has 3 aromatic rings. The second kappa shape index (κ2) is 9.24. The molecule has 5 heteroatoms. The standard InChI is InChI=1S/C28H27ClN2O2/c1-17(2)20-10-12-22(13-11-20)30-26-25(23-14-9-18(3)15-19(23)4)27(32)31(28(26)33)16-21-7-5-6-8-24(21)29/h5-15,17,30H,16H2,1-4H3. The van der Waals surface area contributed by atoms with Gasteiger partial charge in [0.15, 0.2) is 0 Å².